The van der Waals surface area contributed by atoms with Crippen LogP contribution in [0.5, 0.6) is 0 Å². The zero-order valence-electron chi connectivity index (χ0n) is 33.2. The van der Waals surface area contributed by atoms with Crippen molar-refractivity contribution in [2.45, 2.75) is 0 Å². The maximum absolute atomic E-state index is 7.35. The molecule has 0 radical (unpaired) electrons. The minimum absolute atomic E-state index is 0. The van der Waals surface area contributed by atoms with Gasteiger partial charge < -0.3 is 12.8 Å². The number of rotatable bonds is 6. The Bertz CT molecular complexity index is 2860. The van der Waals surface area contributed by atoms with Crippen LogP contribution >= 0.6 is 15.8 Å². The van der Waals surface area contributed by atoms with E-state index in [4.69, 9.17) is 12.8 Å². The maximum atomic E-state index is 7.35. The van der Waals surface area contributed by atoms with E-state index in [1.165, 1.54) is 54.1 Å². The first kappa shape index (κ1) is 45.2. The minimum Gasteiger partial charge on any atom is -0.366 e. The first-order valence-corrected chi connectivity index (χ1v) is 23.2. The largest absolute Gasteiger partial charge is 1.00 e. The van der Waals surface area contributed by atoms with Gasteiger partial charge in [0.2, 0.25) is 0 Å². The molecule has 0 aliphatic carbocycles. The molecule has 0 amide bonds. The summed E-state index contributed by atoms with van der Waals surface area (Å²) < 4.78 is 0. The van der Waals surface area contributed by atoms with Gasteiger partial charge in [-0.15, -0.1) is 23.3 Å². The molecule has 0 aliphatic rings. The second-order valence-electron chi connectivity index (χ2n) is 14.2. The van der Waals surface area contributed by atoms with Gasteiger partial charge in [0, 0.05) is 0 Å². The van der Waals surface area contributed by atoms with Crippen molar-refractivity contribution in [3.8, 4) is 11.8 Å². The van der Waals surface area contributed by atoms with Gasteiger partial charge in [0.25, 0.3) is 0 Å². The zero-order chi connectivity index (χ0) is 40.2. The predicted octanol–water partition coefficient (Wildman–Crippen LogP) is 12.5. The standard InChI is InChI=1S/C25H22P2.2C16H9.2Au/c1-5-13-22(14-6-1)26(23-15-7-2-8-16-23)21-27(24-17-9-3-10-18-24)25-19-11-4-12-20-25;1-2-12-11-13-7-3-4-9-15(13)16-10-6-5-8-14(12)16;1-2-12-7-5-9-16-14-8-4-3-6-13(14)10-11-15(12)16;;/h1-20H,21H2;2*3-11H;;/q;2*-1;2*+1/p+2. The Kier molecular flexibility index (Phi) is 16.7. The first-order chi connectivity index (χ1) is 29.2. The molecule has 10 aromatic rings. The minimum atomic E-state index is -0.847. The molecule has 0 aromatic heterocycles. The fourth-order valence-corrected chi connectivity index (χ4v) is 15.5. The molecule has 0 unspecified atom stereocenters. The molecular formula is C57H42Au2P2+2. The van der Waals surface area contributed by atoms with Crippen LogP contribution in [-0.2, 0) is 44.8 Å². The molecule has 10 aromatic carbocycles. The van der Waals surface area contributed by atoms with Crippen LogP contribution < -0.4 is 21.2 Å². The summed E-state index contributed by atoms with van der Waals surface area (Å²) in [5, 5.41) is 15.4. The van der Waals surface area contributed by atoms with Crippen LogP contribution in [0.1, 0.15) is 11.1 Å². The summed E-state index contributed by atoms with van der Waals surface area (Å²) in [6.45, 7) is 0. The Morgan fingerprint density at radius 3 is 1.10 bits per heavy atom. The average Bonchev–Trinajstić information content (AvgIpc) is 3.33. The van der Waals surface area contributed by atoms with Gasteiger partial charge in [-0.25, -0.2) is 0 Å². The summed E-state index contributed by atoms with van der Waals surface area (Å²) in [6, 6.07) is 81.4. The molecule has 300 valence electrons. The molecule has 10 rings (SSSR count). The molecule has 0 N–H and O–H groups in total. The Morgan fingerprint density at radius 1 is 0.295 bits per heavy atom. The summed E-state index contributed by atoms with van der Waals surface area (Å²) in [5.74, 6) is 6.24. The first-order valence-electron chi connectivity index (χ1n) is 19.8. The van der Waals surface area contributed by atoms with E-state index in [2.05, 4.69) is 182 Å². The summed E-state index contributed by atoms with van der Waals surface area (Å²) in [7, 11) is -1.69. The van der Waals surface area contributed by atoms with Gasteiger partial charge in [-0.05, 0) is 80.8 Å². The summed E-state index contributed by atoms with van der Waals surface area (Å²) in [6.07, 6.45) is 14.6. The van der Waals surface area contributed by atoms with Crippen LogP contribution in [-0.4, -0.2) is 5.90 Å². The van der Waals surface area contributed by atoms with Crippen molar-refractivity contribution in [2.24, 2.45) is 0 Å². The van der Waals surface area contributed by atoms with Crippen LogP contribution in [0, 0.1) is 24.7 Å². The molecule has 0 bridgehead atoms. The summed E-state index contributed by atoms with van der Waals surface area (Å²) >= 11 is 0. The van der Waals surface area contributed by atoms with Crippen molar-refractivity contribution in [3.05, 3.63) is 254 Å². The summed E-state index contributed by atoms with van der Waals surface area (Å²) in [5.41, 5.74) is 1.71. The van der Waals surface area contributed by atoms with Crippen molar-refractivity contribution in [1.29, 1.82) is 0 Å². The van der Waals surface area contributed by atoms with Crippen molar-refractivity contribution in [3.63, 3.8) is 0 Å². The molecule has 0 saturated carbocycles. The average molecular weight is 1180 g/mol. The number of hydrogen-bond acceptors (Lipinski definition) is 0. The van der Waals surface area contributed by atoms with Gasteiger partial charge in [0.1, 0.15) is 37.1 Å². The third-order valence-electron chi connectivity index (χ3n) is 10.7. The topological polar surface area (TPSA) is 0 Å². The van der Waals surface area contributed by atoms with E-state index in [1.807, 2.05) is 60.7 Å². The van der Waals surface area contributed by atoms with E-state index in [9.17, 15) is 0 Å². The van der Waals surface area contributed by atoms with Gasteiger partial charge in [-0.3, -0.25) is 11.8 Å². The van der Waals surface area contributed by atoms with Gasteiger partial charge in [0.15, 0.2) is 5.90 Å². The third-order valence-corrected chi connectivity index (χ3v) is 17.6. The fourth-order valence-electron chi connectivity index (χ4n) is 7.78. The van der Waals surface area contributed by atoms with Crippen LogP contribution in [0.15, 0.2) is 231 Å². The molecule has 0 fully saturated rings. The Labute approximate surface area is 394 Å². The molecule has 0 atom stereocenters. The van der Waals surface area contributed by atoms with Crippen molar-refractivity contribution >= 4 is 80.2 Å². The van der Waals surface area contributed by atoms with E-state index in [0.29, 0.717) is 0 Å². The normalized spacial score (nSPS) is 10.4. The monoisotopic (exact) mass is 1180 g/mol. The van der Waals surface area contributed by atoms with E-state index in [-0.39, 0.29) is 44.8 Å². The molecule has 0 spiro atoms. The smallest absolute Gasteiger partial charge is 0.366 e. The molecule has 61 heavy (non-hydrogen) atoms. The number of benzene rings is 10. The van der Waals surface area contributed by atoms with Crippen molar-refractivity contribution < 1.29 is 44.8 Å². The molecule has 0 aliphatic heterocycles. The Hall–Kier alpha value is -5.30. The SMILES string of the molecule is [Au+].[Au+].[C-]#Cc1cc2ccccc2c2ccccc12.[C-]#Cc1cccc2c1ccc1ccccc12.c1ccc([PH+](C[PH+](c2ccccc2)c2ccccc2)c2ccccc2)cc1. The maximum Gasteiger partial charge on any atom is 1.00 e. The predicted molar refractivity (Wildman–Crippen MR) is 261 cm³/mol. The van der Waals surface area contributed by atoms with E-state index in [1.54, 1.807) is 0 Å². The Balaban J connectivity index is 0.000000159. The molecule has 0 heterocycles. The van der Waals surface area contributed by atoms with Crippen LogP contribution in [0.2, 0.25) is 0 Å². The van der Waals surface area contributed by atoms with Crippen molar-refractivity contribution in [1.82, 2.24) is 0 Å². The molecular weight excluding hydrogens is 1140 g/mol. The summed E-state index contributed by atoms with van der Waals surface area (Å²) in [4.78, 5) is 0. The number of fused-ring (bicyclic) bond motifs is 6. The van der Waals surface area contributed by atoms with Gasteiger partial charge >= 0.3 is 44.8 Å². The fraction of sp³-hybridized carbons (Fsp3) is 0.0175. The second kappa shape index (κ2) is 22.5. The van der Waals surface area contributed by atoms with Crippen LogP contribution in [0.25, 0.3) is 43.1 Å². The Morgan fingerprint density at radius 2 is 0.639 bits per heavy atom. The van der Waals surface area contributed by atoms with E-state index >= 15 is 0 Å². The number of hydrogen-bond donors (Lipinski definition) is 0. The van der Waals surface area contributed by atoms with Crippen LogP contribution in [0.4, 0.5) is 0 Å². The molecule has 0 nitrogen and oxygen atoms in total. The molecule has 4 heteroatoms. The van der Waals surface area contributed by atoms with Gasteiger partial charge in [0.05, 0.1) is 0 Å². The quantitative estimate of drug-likeness (QED) is 0.0512. The van der Waals surface area contributed by atoms with E-state index < -0.39 is 15.8 Å². The third kappa shape index (κ3) is 10.8. The van der Waals surface area contributed by atoms with Crippen molar-refractivity contribution in [2.75, 3.05) is 5.90 Å². The van der Waals surface area contributed by atoms with Gasteiger partial charge in [-0.1, -0.05) is 181 Å². The molecule has 0 saturated heterocycles. The van der Waals surface area contributed by atoms with E-state index in [0.717, 1.165) is 27.3 Å². The zero-order valence-corrected chi connectivity index (χ0v) is 39.6. The van der Waals surface area contributed by atoms with Crippen LogP contribution in [0.3, 0.4) is 0 Å². The van der Waals surface area contributed by atoms with Gasteiger partial charge in [-0.2, -0.15) is 0 Å². The second-order valence-corrected chi connectivity index (χ2v) is 19.9.